The maximum absolute atomic E-state index is 13.1. The number of nitrogens with zero attached hydrogens (tertiary/aromatic N) is 1. The first-order chi connectivity index (χ1) is 16.4. The van der Waals surface area contributed by atoms with Gasteiger partial charge in [0, 0.05) is 16.0 Å². The zero-order chi connectivity index (χ0) is 25.9. The standard InChI is InChI=1S/C29H31ClF3NO/c1-5-34(4,35)20-26(21(2)12-13-22-9-8-10-24(19-22)29(31,32)33)27-11-6-7-18-28(27,3)23-14-16-25(30)17-15-23/h6-17,19H,5,18,20H2,1-4H3/b13-12-,26-21+. The molecule has 0 heterocycles. The molecule has 0 radical (unpaired) electrons. The maximum atomic E-state index is 13.1. The van der Waals surface area contributed by atoms with Gasteiger partial charge < -0.3 is 9.85 Å². The van der Waals surface area contributed by atoms with E-state index in [2.05, 4.69) is 13.0 Å². The minimum absolute atomic E-state index is 0.248. The van der Waals surface area contributed by atoms with Crippen molar-refractivity contribution in [3.8, 4) is 0 Å². The Kier molecular flexibility index (Phi) is 8.15. The van der Waals surface area contributed by atoms with Crippen LogP contribution in [0.25, 0.3) is 6.08 Å². The van der Waals surface area contributed by atoms with E-state index in [1.807, 2.05) is 56.3 Å². The molecular formula is C29H31ClF3NO. The molecule has 0 aliphatic heterocycles. The lowest BCUT2D eigenvalue weighted by atomic mass is 9.68. The number of hydroxylamine groups is 3. The number of hydrogen-bond donors (Lipinski definition) is 0. The fraction of sp³-hybridized carbons (Fsp3) is 0.310. The smallest absolute Gasteiger partial charge is 0.416 e. The zero-order valence-corrected chi connectivity index (χ0v) is 21.3. The van der Waals surface area contributed by atoms with E-state index >= 15 is 0 Å². The predicted octanol–water partition coefficient (Wildman–Crippen LogP) is 8.50. The minimum Gasteiger partial charge on any atom is -0.633 e. The summed E-state index contributed by atoms with van der Waals surface area (Å²) in [5, 5.41) is 13.8. The normalized spacial score (nSPS) is 21.0. The summed E-state index contributed by atoms with van der Waals surface area (Å²) < 4.78 is 39.0. The van der Waals surface area contributed by atoms with Gasteiger partial charge in [0.2, 0.25) is 0 Å². The second-order valence-corrected chi connectivity index (χ2v) is 9.88. The van der Waals surface area contributed by atoms with Gasteiger partial charge in [-0.25, -0.2) is 0 Å². The number of alkyl halides is 3. The Bertz CT molecular complexity index is 1170. The summed E-state index contributed by atoms with van der Waals surface area (Å²) in [6, 6.07) is 13.0. The number of halogens is 4. The maximum Gasteiger partial charge on any atom is 0.416 e. The van der Waals surface area contributed by atoms with Crippen molar-refractivity contribution >= 4 is 17.7 Å². The lowest BCUT2D eigenvalue weighted by molar-refractivity contribution is -0.853. The van der Waals surface area contributed by atoms with Gasteiger partial charge in [-0.15, -0.1) is 0 Å². The van der Waals surface area contributed by atoms with Crippen LogP contribution in [-0.4, -0.2) is 24.8 Å². The van der Waals surface area contributed by atoms with Crippen LogP contribution in [0.15, 0.2) is 89.6 Å². The Hall–Kier alpha value is -2.60. The van der Waals surface area contributed by atoms with Crippen LogP contribution < -0.4 is 0 Å². The second-order valence-electron chi connectivity index (χ2n) is 9.44. The SMILES string of the molecule is CC[N+](C)([O-])C/C(C1=CC=CCC1(C)c1ccc(Cl)cc1)=C(C)\C=C/c1cccc(C(F)(F)F)c1. The molecule has 0 spiro atoms. The van der Waals surface area contributed by atoms with Gasteiger partial charge in [0.15, 0.2) is 0 Å². The van der Waals surface area contributed by atoms with Crippen molar-refractivity contribution in [3.05, 3.63) is 116 Å². The van der Waals surface area contributed by atoms with Gasteiger partial charge in [-0.05, 0) is 66.8 Å². The molecular weight excluding hydrogens is 471 g/mol. The Balaban J connectivity index is 2.10. The molecule has 0 fully saturated rings. The van der Waals surface area contributed by atoms with E-state index in [9.17, 15) is 18.4 Å². The highest BCUT2D eigenvalue weighted by Gasteiger charge is 2.35. The summed E-state index contributed by atoms with van der Waals surface area (Å²) in [6.07, 6.45) is 5.98. The Labute approximate surface area is 210 Å². The first-order valence-corrected chi connectivity index (χ1v) is 12.0. The lowest BCUT2D eigenvalue weighted by Gasteiger charge is -2.42. The molecule has 186 valence electrons. The van der Waals surface area contributed by atoms with Crippen molar-refractivity contribution in [1.82, 2.24) is 0 Å². The summed E-state index contributed by atoms with van der Waals surface area (Å²) in [4.78, 5) is 0. The third-order valence-corrected chi connectivity index (χ3v) is 6.96. The topological polar surface area (TPSA) is 23.1 Å². The Morgan fingerprint density at radius 3 is 2.49 bits per heavy atom. The van der Waals surface area contributed by atoms with E-state index in [-0.39, 0.29) is 12.0 Å². The first-order valence-electron chi connectivity index (χ1n) is 11.6. The van der Waals surface area contributed by atoms with Crippen LogP contribution in [0.5, 0.6) is 0 Å². The molecule has 0 saturated carbocycles. The molecule has 2 aromatic carbocycles. The molecule has 2 nitrogen and oxygen atoms in total. The molecule has 1 aliphatic rings. The summed E-state index contributed by atoms with van der Waals surface area (Å²) in [5.41, 5.74) is 3.24. The van der Waals surface area contributed by atoms with Gasteiger partial charge in [0.1, 0.15) is 6.54 Å². The van der Waals surface area contributed by atoms with Crippen molar-refractivity contribution in [1.29, 1.82) is 0 Å². The molecule has 1 aliphatic carbocycles. The highest BCUT2D eigenvalue weighted by molar-refractivity contribution is 6.30. The summed E-state index contributed by atoms with van der Waals surface area (Å²) >= 11 is 6.13. The lowest BCUT2D eigenvalue weighted by Crippen LogP contribution is -2.41. The number of hydrogen-bond acceptors (Lipinski definition) is 1. The molecule has 0 N–H and O–H groups in total. The third-order valence-electron chi connectivity index (χ3n) is 6.70. The van der Waals surface area contributed by atoms with E-state index in [1.165, 1.54) is 6.07 Å². The van der Waals surface area contributed by atoms with Crippen LogP contribution in [0.3, 0.4) is 0 Å². The van der Waals surface area contributed by atoms with Gasteiger partial charge in [0.05, 0.1) is 19.2 Å². The van der Waals surface area contributed by atoms with Gasteiger partial charge in [0.25, 0.3) is 0 Å². The predicted molar refractivity (Wildman–Crippen MR) is 139 cm³/mol. The number of likely N-dealkylation sites (N-methyl/N-ethyl adjacent to an activating group) is 1. The van der Waals surface area contributed by atoms with Crippen molar-refractivity contribution in [2.24, 2.45) is 0 Å². The van der Waals surface area contributed by atoms with Crippen molar-refractivity contribution in [3.63, 3.8) is 0 Å². The largest absolute Gasteiger partial charge is 0.633 e. The van der Waals surface area contributed by atoms with Crippen LogP contribution >= 0.6 is 11.6 Å². The van der Waals surface area contributed by atoms with Crippen molar-refractivity contribution in [2.45, 2.75) is 38.8 Å². The van der Waals surface area contributed by atoms with E-state index in [1.54, 1.807) is 19.2 Å². The van der Waals surface area contributed by atoms with Crippen LogP contribution in [0.1, 0.15) is 43.9 Å². The van der Waals surface area contributed by atoms with Crippen molar-refractivity contribution < 1.29 is 17.8 Å². The van der Waals surface area contributed by atoms with Gasteiger partial charge in [-0.1, -0.05) is 73.2 Å². The number of allylic oxidation sites excluding steroid dienone is 5. The van der Waals surface area contributed by atoms with Gasteiger partial charge in [-0.2, -0.15) is 13.2 Å². The summed E-state index contributed by atoms with van der Waals surface area (Å²) in [5.74, 6) is 0. The second kappa shape index (κ2) is 10.6. The fourth-order valence-corrected chi connectivity index (χ4v) is 4.42. The van der Waals surface area contributed by atoms with Gasteiger partial charge in [-0.3, -0.25) is 0 Å². The van der Waals surface area contributed by atoms with E-state index in [0.29, 0.717) is 17.1 Å². The molecule has 3 rings (SSSR count). The van der Waals surface area contributed by atoms with Crippen LogP contribution in [-0.2, 0) is 11.6 Å². The summed E-state index contributed by atoms with van der Waals surface area (Å²) in [7, 11) is 1.64. The molecule has 6 heteroatoms. The van der Waals surface area contributed by atoms with Crippen LogP contribution in [0.2, 0.25) is 5.02 Å². The monoisotopic (exact) mass is 501 g/mol. The van der Waals surface area contributed by atoms with Gasteiger partial charge >= 0.3 is 6.18 Å². The van der Waals surface area contributed by atoms with E-state index < -0.39 is 16.4 Å². The zero-order valence-electron chi connectivity index (χ0n) is 20.5. The number of quaternary nitrogens is 1. The van der Waals surface area contributed by atoms with Crippen molar-refractivity contribution in [2.75, 3.05) is 20.1 Å². The highest BCUT2D eigenvalue weighted by Crippen LogP contribution is 2.43. The Morgan fingerprint density at radius 2 is 1.86 bits per heavy atom. The minimum atomic E-state index is -4.40. The number of benzene rings is 2. The number of rotatable bonds is 7. The van der Waals surface area contributed by atoms with Crippen LogP contribution in [0.4, 0.5) is 13.2 Å². The van der Waals surface area contributed by atoms with E-state index in [0.717, 1.165) is 40.8 Å². The molecule has 2 atom stereocenters. The van der Waals surface area contributed by atoms with Crippen LogP contribution in [0, 0.1) is 5.21 Å². The molecule has 0 aromatic heterocycles. The molecule has 0 bridgehead atoms. The van der Waals surface area contributed by atoms with E-state index in [4.69, 9.17) is 11.6 Å². The molecule has 2 aromatic rings. The average molecular weight is 502 g/mol. The Morgan fingerprint density at radius 1 is 1.17 bits per heavy atom. The quantitative estimate of drug-likeness (QED) is 0.212. The molecule has 2 unspecified atom stereocenters. The highest BCUT2D eigenvalue weighted by atomic mass is 35.5. The first kappa shape index (κ1) is 27.0. The summed E-state index contributed by atoms with van der Waals surface area (Å²) in [6.45, 7) is 6.56. The average Bonchev–Trinajstić information content (AvgIpc) is 2.81. The fourth-order valence-electron chi connectivity index (χ4n) is 4.30. The molecule has 35 heavy (non-hydrogen) atoms. The molecule has 0 saturated heterocycles. The molecule has 0 amide bonds. The third kappa shape index (κ3) is 6.54.